The van der Waals surface area contributed by atoms with Crippen LogP contribution >= 0.6 is 11.6 Å². The van der Waals surface area contributed by atoms with Crippen LogP contribution < -0.4 is 5.01 Å². The maximum absolute atomic E-state index is 12.2. The van der Waals surface area contributed by atoms with Crippen molar-refractivity contribution in [2.45, 2.75) is 27.2 Å². The largest absolute Gasteiger partial charge is 0.501 e. The van der Waals surface area contributed by atoms with E-state index in [4.69, 9.17) is 16.3 Å². The zero-order valence-electron chi connectivity index (χ0n) is 13.2. The van der Waals surface area contributed by atoms with Crippen molar-refractivity contribution in [2.24, 2.45) is 5.10 Å². The average Bonchev–Trinajstić information content (AvgIpc) is 2.85. The summed E-state index contributed by atoms with van der Waals surface area (Å²) >= 11 is 6.06. The van der Waals surface area contributed by atoms with E-state index < -0.39 is 0 Å². The molecule has 0 saturated carbocycles. The third-order valence-electron chi connectivity index (χ3n) is 3.39. The van der Waals surface area contributed by atoms with Gasteiger partial charge < -0.3 is 4.74 Å². The molecule has 0 fully saturated rings. The van der Waals surface area contributed by atoms with Gasteiger partial charge in [0.05, 0.1) is 30.7 Å². The highest BCUT2D eigenvalue weighted by Gasteiger charge is 2.26. The summed E-state index contributed by atoms with van der Waals surface area (Å²) in [7, 11) is 1.62. The second-order valence-electron chi connectivity index (χ2n) is 5.25. The van der Waals surface area contributed by atoms with Gasteiger partial charge in [0.2, 0.25) is 0 Å². The van der Waals surface area contributed by atoms with Gasteiger partial charge in [-0.05, 0) is 56.2 Å². The van der Waals surface area contributed by atoms with Crippen molar-refractivity contribution in [3.63, 3.8) is 0 Å². The molecule has 116 valence electrons. The van der Waals surface area contributed by atoms with Gasteiger partial charge in [-0.1, -0.05) is 17.7 Å². The Kier molecular flexibility index (Phi) is 5.03. The number of ether oxygens (including phenoxy) is 1. The summed E-state index contributed by atoms with van der Waals surface area (Å²) in [5.41, 5.74) is 3.38. The molecule has 0 N–H and O–H groups in total. The van der Waals surface area contributed by atoms with Gasteiger partial charge in [0.15, 0.2) is 0 Å². The molecule has 5 heteroatoms. The minimum atomic E-state index is -0.0585. The van der Waals surface area contributed by atoms with Gasteiger partial charge in [0.25, 0.3) is 5.91 Å². The first-order valence-corrected chi connectivity index (χ1v) is 7.35. The van der Waals surface area contributed by atoms with Crippen molar-refractivity contribution in [3.05, 3.63) is 52.3 Å². The summed E-state index contributed by atoms with van der Waals surface area (Å²) in [4.78, 5) is 12.2. The Balaban J connectivity index is 2.29. The molecule has 0 unspecified atom stereocenters. The maximum atomic E-state index is 12.2. The molecule has 0 radical (unpaired) electrons. The predicted molar refractivity (Wildman–Crippen MR) is 90.3 cm³/mol. The van der Waals surface area contributed by atoms with Crippen molar-refractivity contribution in [1.29, 1.82) is 0 Å². The minimum Gasteiger partial charge on any atom is -0.501 e. The molecule has 0 bridgehead atoms. The van der Waals surface area contributed by atoms with Gasteiger partial charge in [-0.3, -0.25) is 4.79 Å². The first-order chi connectivity index (χ1) is 10.4. The molecule has 0 saturated heterocycles. The van der Waals surface area contributed by atoms with Gasteiger partial charge in [0, 0.05) is 5.02 Å². The number of amides is 1. The van der Waals surface area contributed by atoms with Crippen molar-refractivity contribution < 1.29 is 9.53 Å². The van der Waals surface area contributed by atoms with Gasteiger partial charge in [-0.15, -0.1) is 0 Å². The summed E-state index contributed by atoms with van der Waals surface area (Å²) in [5, 5.41) is 6.44. The zero-order valence-corrected chi connectivity index (χ0v) is 13.9. The molecule has 2 rings (SSSR count). The highest BCUT2D eigenvalue weighted by atomic mass is 35.5. The van der Waals surface area contributed by atoms with Crippen molar-refractivity contribution in [3.8, 4) is 0 Å². The number of hydrogen-bond acceptors (Lipinski definition) is 3. The molecule has 1 aliphatic rings. The van der Waals surface area contributed by atoms with Crippen LogP contribution in [0.2, 0.25) is 5.02 Å². The van der Waals surface area contributed by atoms with E-state index >= 15 is 0 Å². The van der Waals surface area contributed by atoms with Crippen LogP contribution in [-0.4, -0.2) is 18.7 Å². The van der Waals surface area contributed by atoms with E-state index in [0.717, 1.165) is 22.6 Å². The monoisotopic (exact) mass is 318 g/mol. The Morgan fingerprint density at radius 1 is 1.32 bits per heavy atom. The van der Waals surface area contributed by atoms with Crippen LogP contribution in [-0.2, 0) is 9.53 Å². The van der Waals surface area contributed by atoms with Crippen LogP contribution in [0.3, 0.4) is 0 Å². The van der Waals surface area contributed by atoms with Gasteiger partial charge >= 0.3 is 0 Å². The van der Waals surface area contributed by atoms with Crippen LogP contribution in [0.5, 0.6) is 0 Å². The Labute approximate surface area is 135 Å². The maximum Gasteiger partial charge on any atom is 0.253 e. The Morgan fingerprint density at radius 2 is 2.05 bits per heavy atom. The van der Waals surface area contributed by atoms with Gasteiger partial charge in [-0.2, -0.15) is 5.10 Å². The second-order valence-corrected chi connectivity index (χ2v) is 5.68. The van der Waals surface area contributed by atoms with Crippen LogP contribution in [0, 0.1) is 6.92 Å². The molecule has 1 aromatic rings. The summed E-state index contributed by atoms with van der Waals surface area (Å²) in [5.74, 6) is 0.739. The molecule has 0 aromatic heterocycles. The zero-order chi connectivity index (χ0) is 16.3. The quantitative estimate of drug-likeness (QED) is 0.615. The van der Waals surface area contributed by atoms with Crippen LogP contribution in [0.4, 0.5) is 5.69 Å². The third kappa shape index (κ3) is 3.77. The van der Waals surface area contributed by atoms with E-state index in [2.05, 4.69) is 5.10 Å². The first-order valence-electron chi connectivity index (χ1n) is 6.98. The Hall–Kier alpha value is -2.07. The first kappa shape index (κ1) is 16.3. The lowest BCUT2D eigenvalue weighted by molar-refractivity contribution is -0.116. The lowest BCUT2D eigenvalue weighted by Crippen LogP contribution is -2.19. The SMILES string of the molecule is CO/C(C)=C/C=C(\C)C1=NN(c2cc(C)cc(Cl)c2)C(=O)C1. The molecule has 4 nitrogen and oxygen atoms in total. The van der Waals surface area contributed by atoms with E-state index in [9.17, 15) is 4.79 Å². The molecular formula is C17H19ClN2O2. The molecule has 1 aromatic carbocycles. The second kappa shape index (κ2) is 6.79. The van der Waals surface area contributed by atoms with Gasteiger partial charge in [-0.25, -0.2) is 5.01 Å². The fraction of sp³-hybridized carbons (Fsp3) is 0.294. The van der Waals surface area contributed by atoms with Crippen molar-refractivity contribution in [2.75, 3.05) is 12.1 Å². The molecule has 1 amide bonds. The Morgan fingerprint density at radius 3 is 2.68 bits per heavy atom. The van der Waals surface area contributed by atoms with Crippen molar-refractivity contribution in [1.82, 2.24) is 0 Å². The minimum absolute atomic E-state index is 0.0585. The van der Waals surface area contributed by atoms with Crippen LogP contribution in [0.25, 0.3) is 0 Å². The number of methoxy groups -OCH3 is 1. The molecule has 0 spiro atoms. The smallest absolute Gasteiger partial charge is 0.253 e. The number of hydrogen-bond donors (Lipinski definition) is 0. The highest BCUT2D eigenvalue weighted by molar-refractivity contribution is 6.31. The molecule has 22 heavy (non-hydrogen) atoms. The number of aryl methyl sites for hydroxylation is 1. The van der Waals surface area contributed by atoms with Gasteiger partial charge in [0.1, 0.15) is 0 Å². The number of halogens is 1. The standard InChI is InChI=1S/C17H19ClN2O2/c1-11-7-14(18)9-15(8-11)20-17(21)10-16(19-20)12(2)5-6-13(3)22-4/h5-9H,10H2,1-4H3/b12-5+,13-6+. The summed E-state index contributed by atoms with van der Waals surface area (Å²) < 4.78 is 5.09. The molecular weight excluding hydrogens is 300 g/mol. The lowest BCUT2D eigenvalue weighted by Gasteiger charge is -2.12. The highest BCUT2D eigenvalue weighted by Crippen LogP contribution is 2.26. The number of allylic oxidation sites excluding steroid dienone is 4. The summed E-state index contributed by atoms with van der Waals surface area (Å²) in [6, 6.07) is 5.48. The molecule has 1 aliphatic heterocycles. The van der Waals surface area contributed by atoms with Crippen molar-refractivity contribution >= 4 is 28.9 Å². The molecule has 1 heterocycles. The van der Waals surface area contributed by atoms with E-state index in [1.807, 2.05) is 45.1 Å². The number of anilines is 1. The van der Waals surface area contributed by atoms with Crippen LogP contribution in [0.15, 0.2) is 46.8 Å². The van der Waals surface area contributed by atoms with E-state index in [1.165, 1.54) is 5.01 Å². The summed E-state index contributed by atoms with van der Waals surface area (Å²) in [6.45, 7) is 5.73. The summed E-state index contributed by atoms with van der Waals surface area (Å²) in [6.07, 6.45) is 4.04. The normalized spacial score (nSPS) is 16.1. The van der Waals surface area contributed by atoms with E-state index in [-0.39, 0.29) is 12.3 Å². The number of carbonyl (C=O) groups excluding carboxylic acids is 1. The van der Waals surface area contributed by atoms with E-state index in [0.29, 0.717) is 10.7 Å². The number of carbonyl (C=O) groups is 1. The van der Waals surface area contributed by atoms with Crippen LogP contribution in [0.1, 0.15) is 25.8 Å². The third-order valence-corrected chi connectivity index (χ3v) is 3.61. The predicted octanol–water partition coefficient (Wildman–Crippen LogP) is 4.24. The fourth-order valence-electron chi connectivity index (χ4n) is 2.10. The number of hydrazone groups is 1. The fourth-order valence-corrected chi connectivity index (χ4v) is 2.38. The topological polar surface area (TPSA) is 41.9 Å². The Bertz CT molecular complexity index is 670. The average molecular weight is 319 g/mol. The van der Waals surface area contributed by atoms with E-state index in [1.54, 1.807) is 13.2 Å². The number of benzene rings is 1. The molecule has 0 aliphatic carbocycles. The number of rotatable bonds is 4. The number of nitrogens with zero attached hydrogens (tertiary/aromatic N) is 2. The molecule has 0 atom stereocenters. The lowest BCUT2D eigenvalue weighted by atomic mass is 10.1.